The van der Waals surface area contributed by atoms with E-state index in [4.69, 9.17) is 0 Å². The summed E-state index contributed by atoms with van der Waals surface area (Å²) in [6, 6.07) is 10.1. The molecule has 8 nitrogen and oxygen atoms in total. The molecule has 2 N–H and O–H groups in total. The molecule has 2 unspecified atom stereocenters. The first-order valence-electron chi connectivity index (χ1n) is 8.94. The maximum absolute atomic E-state index is 12.7. The monoisotopic (exact) mass is 369 g/mol. The van der Waals surface area contributed by atoms with Gasteiger partial charge >= 0.3 is 0 Å². The number of rotatable bonds is 5. The molecule has 0 radical (unpaired) electrons. The number of carbonyl (C=O) groups excluding carboxylic acids is 1. The maximum Gasteiger partial charge on any atom is 0.293 e. The van der Waals surface area contributed by atoms with E-state index in [9.17, 15) is 14.9 Å². The number of nitrogens with zero attached hydrogens (tertiary/aromatic N) is 3. The summed E-state index contributed by atoms with van der Waals surface area (Å²) in [6.07, 6.45) is 1.68. The molecule has 3 rings (SSSR count). The van der Waals surface area contributed by atoms with Gasteiger partial charge in [0.05, 0.1) is 16.7 Å². The minimum absolute atomic E-state index is 0.119. The molecule has 8 heteroatoms. The van der Waals surface area contributed by atoms with Crippen molar-refractivity contribution in [3.05, 3.63) is 64.0 Å². The minimum atomic E-state index is -0.468. The van der Waals surface area contributed by atoms with E-state index in [2.05, 4.69) is 15.6 Å². The van der Waals surface area contributed by atoms with E-state index in [1.54, 1.807) is 23.2 Å². The van der Waals surface area contributed by atoms with E-state index in [1.165, 1.54) is 6.07 Å². The number of piperazine rings is 1. The van der Waals surface area contributed by atoms with Gasteiger partial charge in [0.25, 0.3) is 11.6 Å². The van der Waals surface area contributed by atoms with Gasteiger partial charge < -0.3 is 15.5 Å². The average molecular weight is 369 g/mol. The Morgan fingerprint density at radius 2 is 2.22 bits per heavy atom. The Morgan fingerprint density at radius 3 is 2.89 bits per heavy atom. The minimum Gasteiger partial charge on any atom is -0.371 e. The average Bonchev–Trinajstić information content (AvgIpc) is 2.68. The third-order valence-electron chi connectivity index (χ3n) is 4.60. The predicted molar refractivity (Wildman–Crippen MR) is 103 cm³/mol. The molecule has 0 aliphatic carbocycles. The lowest BCUT2D eigenvalue weighted by Crippen LogP contribution is -2.51. The lowest BCUT2D eigenvalue weighted by Gasteiger charge is -2.32. The third-order valence-corrected chi connectivity index (χ3v) is 4.60. The number of nitro benzene ring substituents is 1. The van der Waals surface area contributed by atoms with Crippen LogP contribution in [0, 0.1) is 10.1 Å². The number of nitro groups is 1. The van der Waals surface area contributed by atoms with Crippen LogP contribution in [-0.2, 0) is 0 Å². The number of hydrogen-bond acceptors (Lipinski definition) is 6. The van der Waals surface area contributed by atoms with Gasteiger partial charge in [0.15, 0.2) is 0 Å². The quantitative estimate of drug-likeness (QED) is 0.621. The van der Waals surface area contributed by atoms with Gasteiger partial charge in [-0.15, -0.1) is 0 Å². The van der Waals surface area contributed by atoms with Crippen LogP contribution >= 0.6 is 0 Å². The third kappa shape index (κ3) is 4.40. The second-order valence-corrected chi connectivity index (χ2v) is 6.72. The van der Waals surface area contributed by atoms with Crippen molar-refractivity contribution >= 4 is 17.3 Å². The van der Waals surface area contributed by atoms with Crippen molar-refractivity contribution in [2.24, 2.45) is 0 Å². The van der Waals surface area contributed by atoms with Crippen LogP contribution in [0.15, 0.2) is 42.6 Å². The molecule has 1 fully saturated rings. The molecule has 0 spiro atoms. The molecule has 27 heavy (non-hydrogen) atoms. The molecular weight excluding hydrogens is 346 g/mol. The molecule has 1 aliphatic heterocycles. The Morgan fingerprint density at radius 1 is 1.41 bits per heavy atom. The zero-order valence-corrected chi connectivity index (χ0v) is 15.4. The van der Waals surface area contributed by atoms with Gasteiger partial charge in [-0.3, -0.25) is 19.9 Å². The van der Waals surface area contributed by atoms with E-state index in [0.29, 0.717) is 24.3 Å². The zero-order valence-electron chi connectivity index (χ0n) is 15.4. The van der Waals surface area contributed by atoms with Crippen molar-refractivity contribution in [2.75, 3.05) is 25.0 Å². The van der Waals surface area contributed by atoms with Crippen molar-refractivity contribution < 1.29 is 9.72 Å². The summed E-state index contributed by atoms with van der Waals surface area (Å²) < 4.78 is 0. The summed E-state index contributed by atoms with van der Waals surface area (Å²) in [5, 5.41) is 18.0. The molecule has 0 saturated carbocycles. The summed E-state index contributed by atoms with van der Waals surface area (Å²) in [4.78, 5) is 29.8. The molecule has 2 heterocycles. The lowest BCUT2D eigenvalue weighted by atomic mass is 10.1. The van der Waals surface area contributed by atoms with Gasteiger partial charge in [0.2, 0.25) is 0 Å². The van der Waals surface area contributed by atoms with Gasteiger partial charge in [-0.25, -0.2) is 0 Å². The Bertz CT molecular complexity index is 827. The van der Waals surface area contributed by atoms with Crippen LogP contribution in [0.3, 0.4) is 0 Å². The van der Waals surface area contributed by atoms with Crippen molar-refractivity contribution in [1.29, 1.82) is 0 Å². The Labute approximate surface area is 157 Å². The van der Waals surface area contributed by atoms with Gasteiger partial charge in [-0.2, -0.15) is 0 Å². The van der Waals surface area contributed by atoms with Crippen molar-refractivity contribution in [2.45, 2.75) is 25.9 Å². The fourth-order valence-electron chi connectivity index (χ4n) is 3.18. The van der Waals surface area contributed by atoms with Gasteiger partial charge in [-0.1, -0.05) is 6.07 Å². The molecule has 1 aliphatic rings. The first-order chi connectivity index (χ1) is 13.0. The van der Waals surface area contributed by atoms with Crippen LogP contribution in [0.2, 0.25) is 0 Å². The SMILES string of the molecule is CC1CN(C(=O)c2ccc(NC(C)c3ccccn3)c([N+](=O)[O-])c2)CCN1. The Balaban J connectivity index is 1.82. The standard InChI is InChI=1S/C19H23N5O3/c1-13-12-23(10-9-20-13)19(25)15-6-7-17(18(11-15)24(26)27)22-14(2)16-5-3-4-8-21-16/h3-8,11,13-14,20,22H,9-10,12H2,1-2H3. The van der Waals surface area contributed by atoms with E-state index in [-0.39, 0.29) is 23.7 Å². The lowest BCUT2D eigenvalue weighted by molar-refractivity contribution is -0.384. The number of anilines is 1. The Hall–Kier alpha value is -3.00. The van der Waals surface area contributed by atoms with E-state index in [0.717, 1.165) is 12.2 Å². The summed E-state index contributed by atoms with van der Waals surface area (Å²) in [5.41, 5.74) is 1.35. The van der Waals surface area contributed by atoms with Gasteiger partial charge in [-0.05, 0) is 38.1 Å². The van der Waals surface area contributed by atoms with Crippen molar-refractivity contribution in [1.82, 2.24) is 15.2 Å². The van der Waals surface area contributed by atoms with Gasteiger partial charge in [0, 0.05) is 43.5 Å². The van der Waals surface area contributed by atoms with Crippen LogP contribution in [0.4, 0.5) is 11.4 Å². The van der Waals surface area contributed by atoms with E-state index < -0.39 is 4.92 Å². The number of hydrogen-bond donors (Lipinski definition) is 2. The Kier molecular flexibility index (Phi) is 5.66. The summed E-state index contributed by atoms with van der Waals surface area (Å²) in [6.45, 7) is 5.79. The van der Waals surface area contributed by atoms with E-state index in [1.807, 2.05) is 32.0 Å². The summed E-state index contributed by atoms with van der Waals surface area (Å²) in [7, 11) is 0. The van der Waals surface area contributed by atoms with Crippen LogP contribution in [0.5, 0.6) is 0 Å². The van der Waals surface area contributed by atoms with Crippen LogP contribution in [-0.4, -0.2) is 46.4 Å². The summed E-state index contributed by atoms with van der Waals surface area (Å²) in [5.74, 6) is -0.184. The highest BCUT2D eigenvalue weighted by molar-refractivity contribution is 5.96. The highest BCUT2D eigenvalue weighted by atomic mass is 16.6. The van der Waals surface area contributed by atoms with Crippen LogP contribution < -0.4 is 10.6 Å². The molecule has 1 aromatic carbocycles. The zero-order chi connectivity index (χ0) is 19.4. The fourth-order valence-corrected chi connectivity index (χ4v) is 3.18. The molecule has 2 atom stereocenters. The predicted octanol–water partition coefficient (Wildman–Crippen LogP) is 2.60. The number of amides is 1. The number of pyridine rings is 1. The molecule has 1 amide bonds. The second kappa shape index (κ2) is 8.13. The van der Waals surface area contributed by atoms with Crippen molar-refractivity contribution in [3.8, 4) is 0 Å². The topological polar surface area (TPSA) is 100 Å². The number of nitrogens with one attached hydrogen (secondary N) is 2. The number of aromatic nitrogens is 1. The maximum atomic E-state index is 12.7. The molecule has 142 valence electrons. The van der Waals surface area contributed by atoms with Gasteiger partial charge in [0.1, 0.15) is 5.69 Å². The highest BCUT2D eigenvalue weighted by Crippen LogP contribution is 2.29. The molecule has 1 saturated heterocycles. The fraction of sp³-hybridized carbons (Fsp3) is 0.368. The normalized spacial score (nSPS) is 18.0. The molecular formula is C19H23N5O3. The first kappa shape index (κ1) is 18.8. The smallest absolute Gasteiger partial charge is 0.293 e. The van der Waals surface area contributed by atoms with E-state index >= 15 is 0 Å². The molecule has 1 aromatic heterocycles. The number of benzene rings is 1. The van der Waals surface area contributed by atoms with Crippen molar-refractivity contribution in [3.63, 3.8) is 0 Å². The second-order valence-electron chi connectivity index (χ2n) is 6.72. The molecule has 0 bridgehead atoms. The van der Waals surface area contributed by atoms with Crippen LogP contribution in [0.25, 0.3) is 0 Å². The first-order valence-corrected chi connectivity index (χ1v) is 8.94. The number of carbonyl (C=O) groups is 1. The van der Waals surface area contributed by atoms with Crippen LogP contribution in [0.1, 0.15) is 35.9 Å². The summed E-state index contributed by atoms with van der Waals surface area (Å²) >= 11 is 0. The molecule has 2 aromatic rings. The largest absolute Gasteiger partial charge is 0.371 e. The highest BCUT2D eigenvalue weighted by Gasteiger charge is 2.25.